The molecule has 1 heterocycles. The summed E-state index contributed by atoms with van der Waals surface area (Å²) in [6, 6.07) is 0. The third kappa shape index (κ3) is 3.95. The van der Waals surface area contributed by atoms with Crippen LogP contribution in [0.4, 0.5) is 0 Å². The van der Waals surface area contributed by atoms with E-state index >= 15 is 0 Å². The van der Waals surface area contributed by atoms with E-state index < -0.39 is 0 Å². The Morgan fingerprint density at radius 2 is 1.89 bits per heavy atom. The average Bonchev–Trinajstić information content (AvgIpc) is 2.34. The van der Waals surface area contributed by atoms with Crippen molar-refractivity contribution in [1.29, 1.82) is 0 Å². The van der Waals surface area contributed by atoms with Crippen molar-refractivity contribution in [3.05, 3.63) is 0 Å². The topological polar surface area (TPSA) is 61.6 Å². The van der Waals surface area contributed by atoms with Crippen LogP contribution in [-0.4, -0.2) is 24.9 Å². The van der Waals surface area contributed by atoms with Crippen molar-refractivity contribution in [1.82, 2.24) is 0 Å². The lowest BCUT2D eigenvalue weighted by Crippen LogP contribution is -2.45. The largest absolute Gasteiger partial charge is 0.370 e. The summed E-state index contributed by atoms with van der Waals surface area (Å²) in [5.74, 6) is 1.27. The summed E-state index contributed by atoms with van der Waals surface area (Å²) >= 11 is 0. The molecule has 4 nitrogen and oxygen atoms in total. The monoisotopic (exact) mass is 257 g/mol. The van der Waals surface area contributed by atoms with Crippen molar-refractivity contribution >= 4 is 5.91 Å². The molecule has 106 valence electrons. The molecule has 0 saturated carbocycles. The van der Waals surface area contributed by atoms with Gasteiger partial charge < -0.3 is 15.2 Å². The van der Waals surface area contributed by atoms with E-state index in [2.05, 4.69) is 27.7 Å². The van der Waals surface area contributed by atoms with Gasteiger partial charge in [0.1, 0.15) is 0 Å². The van der Waals surface area contributed by atoms with Crippen molar-refractivity contribution < 1.29 is 14.3 Å². The summed E-state index contributed by atoms with van der Waals surface area (Å²) in [7, 11) is 0. The van der Waals surface area contributed by atoms with Gasteiger partial charge in [-0.1, -0.05) is 27.7 Å². The normalized spacial score (nSPS) is 36.6. The van der Waals surface area contributed by atoms with Crippen molar-refractivity contribution in [2.24, 2.45) is 23.5 Å². The van der Waals surface area contributed by atoms with Crippen LogP contribution in [0.1, 0.15) is 47.0 Å². The quantitative estimate of drug-likeness (QED) is 0.743. The molecule has 1 fully saturated rings. The summed E-state index contributed by atoms with van der Waals surface area (Å²) < 4.78 is 11.8. The summed E-state index contributed by atoms with van der Waals surface area (Å²) in [6.07, 6.45) is 2.19. The first-order chi connectivity index (χ1) is 8.47. The van der Waals surface area contributed by atoms with Crippen LogP contribution in [0.25, 0.3) is 0 Å². The highest BCUT2D eigenvalue weighted by molar-refractivity contribution is 5.73. The third-order valence-corrected chi connectivity index (χ3v) is 4.24. The van der Waals surface area contributed by atoms with Crippen LogP contribution in [0.5, 0.6) is 0 Å². The van der Waals surface area contributed by atoms with Gasteiger partial charge in [-0.05, 0) is 24.7 Å². The van der Waals surface area contributed by atoms with E-state index in [4.69, 9.17) is 15.2 Å². The molecule has 1 aliphatic heterocycles. The molecule has 18 heavy (non-hydrogen) atoms. The molecule has 2 N–H and O–H groups in total. The Hall–Kier alpha value is -0.610. The van der Waals surface area contributed by atoms with Crippen molar-refractivity contribution in [3.8, 4) is 0 Å². The first kappa shape index (κ1) is 15.4. The fourth-order valence-electron chi connectivity index (χ4n) is 2.59. The van der Waals surface area contributed by atoms with Crippen LogP contribution < -0.4 is 5.73 Å². The average molecular weight is 257 g/mol. The number of ether oxygens (including phenoxy) is 2. The molecule has 0 aromatic heterocycles. The Bertz CT molecular complexity index is 268. The second kappa shape index (κ2) is 7.10. The predicted molar refractivity (Wildman–Crippen MR) is 70.8 cm³/mol. The van der Waals surface area contributed by atoms with Crippen LogP contribution in [0.15, 0.2) is 0 Å². The molecule has 0 spiro atoms. The van der Waals surface area contributed by atoms with E-state index in [-0.39, 0.29) is 18.3 Å². The molecule has 1 amide bonds. The Balaban J connectivity index is 2.41. The minimum atomic E-state index is -0.273. The molecule has 0 bridgehead atoms. The van der Waals surface area contributed by atoms with Crippen LogP contribution in [-0.2, 0) is 14.3 Å². The molecule has 0 radical (unpaired) electrons. The highest BCUT2D eigenvalue weighted by atomic mass is 16.7. The maximum Gasteiger partial charge on any atom is 0.217 e. The van der Waals surface area contributed by atoms with E-state index in [0.29, 0.717) is 37.2 Å². The zero-order valence-corrected chi connectivity index (χ0v) is 12.0. The second-order valence-electron chi connectivity index (χ2n) is 5.47. The van der Waals surface area contributed by atoms with Gasteiger partial charge in [-0.3, -0.25) is 4.79 Å². The Kier molecular flexibility index (Phi) is 6.09. The van der Waals surface area contributed by atoms with Gasteiger partial charge in [0.15, 0.2) is 6.29 Å². The third-order valence-electron chi connectivity index (χ3n) is 4.24. The molecule has 5 atom stereocenters. The zero-order chi connectivity index (χ0) is 13.7. The van der Waals surface area contributed by atoms with Gasteiger partial charge in [-0.15, -0.1) is 0 Å². The summed E-state index contributed by atoms with van der Waals surface area (Å²) in [4.78, 5) is 10.6. The fraction of sp³-hybridized carbons (Fsp3) is 0.929. The SMILES string of the molecule is CCC1O[C@@H](OCCCC(N)=O)C(C)[C@@H](C)C1C. The standard InChI is InChI=1S/C14H27NO3/c1-5-12-10(3)9(2)11(4)14(18-12)17-8-6-7-13(15)16/h9-12,14H,5-8H2,1-4H3,(H2,15,16)/t9-,10?,11?,12?,14+/m0/s1. The highest BCUT2D eigenvalue weighted by Gasteiger charge is 2.38. The van der Waals surface area contributed by atoms with Gasteiger partial charge in [-0.25, -0.2) is 0 Å². The smallest absolute Gasteiger partial charge is 0.217 e. The molecule has 0 aromatic carbocycles. The number of hydrogen-bond donors (Lipinski definition) is 1. The highest BCUT2D eigenvalue weighted by Crippen LogP contribution is 2.36. The van der Waals surface area contributed by atoms with Crippen LogP contribution in [0.3, 0.4) is 0 Å². The van der Waals surface area contributed by atoms with Gasteiger partial charge in [0.25, 0.3) is 0 Å². The van der Waals surface area contributed by atoms with Gasteiger partial charge in [-0.2, -0.15) is 0 Å². The number of amides is 1. The lowest BCUT2D eigenvalue weighted by atomic mass is 9.78. The minimum Gasteiger partial charge on any atom is -0.370 e. The molecular weight excluding hydrogens is 230 g/mol. The fourth-order valence-corrected chi connectivity index (χ4v) is 2.59. The second-order valence-corrected chi connectivity index (χ2v) is 5.47. The number of hydrogen-bond acceptors (Lipinski definition) is 3. The number of nitrogens with two attached hydrogens (primary N) is 1. The lowest BCUT2D eigenvalue weighted by molar-refractivity contribution is -0.248. The molecule has 1 aliphatic rings. The molecule has 3 unspecified atom stereocenters. The van der Waals surface area contributed by atoms with E-state index in [1.807, 2.05) is 0 Å². The van der Waals surface area contributed by atoms with Crippen molar-refractivity contribution in [3.63, 3.8) is 0 Å². The van der Waals surface area contributed by atoms with Gasteiger partial charge >= 0.3 is 0 Å². The van der Waals surface area contributed by atoms with E-state index in [0.717, 1.165) is 6.42 Å². The Labute approximate surface area is 110 Å². The first-order valence-corrected chi connectivity index (χ1v) is 7.02. The lowest BCUT2D eigenvalue weighted by Gasteiger charge is -2.43. The molecule has 1 rings (SSSR count). The zero-order valence-electron chi connectivity index (χ0n) is 12.0. The Morgan fingerprint density at radius 3 is 2.44 bits per heavy atom. The van der Waals surface area contributed by atoms with Gasteiger partial charge in [0.05, 0.1) is 12.7 Å². The van der Waals surface area contributed by atoms with Crippen LogP contribution >= 0.6 is 0 Å². The number of carbonyl (C=O) groups is 1. The van der Waals surface area contributed by atoms with Crippen molar-refractivity contribution in [2.75, 3.05) is 6.61 Å². The van der Waals surface area contributed by atoms with Crippen LogP contribution in [0, 0.1) is 17.8 Å². The summed E-state index contributed by atoms with van der Waals surface area (Å²) in [5, 5.41) is 0. The first-order valence-electron chi connectivity index (χ1n) is 7.02. The molecular formula is C14H27NO3. The molecule has 4 heteroatoms. The summed E-state index contributed by atoms with van der Waals surface area (Å²) in [6.45, 7) is 9.37. The van der Waals surface area contributed by atoms with Gasteiger partial charge in [0.2, 0.25) is 5.91 Å². The molecule has 0 aliphatic carbocycles. The number of primary amides is 1. The maximum atomic E-state index is 10.6. The molecule has 1 saturated heterocycles. The molecule has 0 aromatic rings. The number of carbonyl (C=O) groups excluding carboxylic acids is 1. The Morgan fingerprint density at radius 1 is 1.22 bits per heavy atom. The minimum absolute atomic E-state index is 0.144. The van der Waals surface area contributed by atoms with Gasteiger partial charge in [0, 0.05) is 12.3 Å². The summed E-state index contributed by atoms with van der Waals surface area (Å²) in [5.41, 5.74) is 5.10. The van der Waals surface area contributed by atoms with Crippen LogP contribution in [0.2, 0.25) is 0 Å². The maximum absolute atomic E-state index is 10.6. The number of rotatable bonds is 6. The van der Waals surface area contributed by atoms with Crippen molar-refractivity contribution in [2.45, 2.75) is 59.4 Å². The predicted octanol–water partition coefficient (Wildman–Crippen LogP) is 2.31. The van der Waals surface area contributed by atoms with E-state index in [9.17, 15) is 4.79 Å². The van der Waals surface area contributed by atoms with E-state index in [1.165, 1.54) is 0 Å². The van der Waals surface area contributed by atoms with E-state index in [1.54, 1.807) is 0 Å².